The number of carboxylic acid groups (broad SMARTS) is 1. The highest BCUT2D eigenvalue weighted by molar-refractivity contribution is 6.02. The summed E-state index contributed by atoms with van der Waals surface area (Å²) in [5, 5.41) is 12.4. The zero-order valence-corrected chi connectivity index (χ0v) is 17.2. The minimum absolute atomic E-state index is 0.00246. The Morgan fingerprint density at radius 1 is 1.29 bits per heavy atom. The van der Waals surface area contributed by atoms with E-state index in [9.17, 15) is 19.5 Å². The zero-order valence-electron chi connectivity index (χ0n) is 22.2. The third-order valence-corrected chi connectivity index (χ3v) is 5.05. The number of benzene rings is 2. The van der Waals surface area contributed by atoms with E-state index >= 15 is 0 Å². The second-order valence-corrected chi connectivity index (χ2v) is 7.15. The summed E-state index contributed by atoms with van der Waals surface area (Å²) in [6.07, 6.45) is 0.736. The standard InChI is InChI=1S/C24H28N2O5/c1-2-31-24(30)20(14-12-17-8-4-3-5-9-17)25-19-15-13-18-10-6-7-11-21(18)26(23(19)29)16-22(27)28/h3-11,19-20,25H,2,12-16H2,1H3,(H,27,28)/t19-,20+/m1/s1/i3D,4D,5D,8D,9D. The maximum absolute atomic E-state index is 13.4. The summed E-state index contributed by atoms with van der Waals surface area (Å²) in [4.78, 5) is 38.8. The topological polar surface area (TPSA) is 95.9 Å². The highest BCUT2D eigenvalue weighted by Gasteiger charge is 2.34. The SMILES string of the molecule is [2H]c1c([2H])c([2H])c(CC[C@H](N[C@@H]2CCc3ccccc3N(CC(=O)O)C2=O)C(=O)OCC)c([2H])c1[2H]. The van der Waals surface area contributed by atoms with Crippen molar-refractivity contribution in [2.24, 2.45) is 0 Å². The van der Waals surface area contributed by atoms with Crippen LogP contribution in [0.4, 0.5) is 5.69 Å². The number of esters is 1. The molecule has 0 radical (unpaired) electrons. The maximum Gasteiger partial charge on any atom is 0.323 e. The summed E-state index contributed by atoms with van der Waals surface area (Å²) in [7, 11) is 0. The number of ether oxygens (including phenoxy) is 1. The first-order valence-electron chi connectivity index (χ1n) is 12.7. The predicted molar refractivity (Wildman–Crippen MR) is 117 cm³/mol. The van der Waals surface area contributed by atoms with Gasteiger partial charge in [0.15, 0.2) is 0 Å². The highest BCUT2D eigenvalue weighted by Crippen LogP contribution is 2.27. The maximum atomic E-state index is 13.4. The lowest BCUT2D eigenvalue weighted by Crippen LogP contribution is -2.53. The highest BCUT2D eigenvalue weighted by atomic mass is 16.5. The van der Waals surface area contributed by atoms with Crippen LogP contribution in [-0.2, 0) is 32.0 Å². The van der Waals surface area contributed by atoms with Crippen LogP contribution in [0.1, 0.15) is 37.7 Å². The molecule has 31 heavy (non-hydrogen) atoms. The Bertz CT molecular complexity index is 1150. The molecule has 2 N–H and O–H groups in total. The van der Waals surface area contributed by atoms with E-state index in [1.54, 1.807) is 25.1 Å². The predicted octanol–water partition coefficient (Wildman–Crippen LogP) is 2.57. The lowest BCUT2D eigenvalue weighted by Gasteiger charge is -2.27. The number of carboxylic acids is 1. The number of anilines is 1. The molecule has 2 aromatic carbocycles. The van der Waals surface area contributed by atoms with Gasteiger partial charge in [-0.1, -0.05) is 48.4 Å². The largest absolute Gasteiger partial charge is 0.480 e. The van der Waals surface area contributed by atoms with Crippen molar-refractivity contribution in [1.82, 2.24) is 5.32 Å². The van der Waals surface area contributed by atoms with Crippen LogP contribution in [-0.4, -0.2) is 48.2 Å². The van der Waals surface area contributed by atoms with Gasteiger partial charge in [0.05, 0.1) is 19.5 Å². The van der Waals surface area contributed by atoms with Gasteiger partial charge in [-0.25, -0.2) is 0 Å². The Morgan fingerprint density at radius 3 is 2.74 bits per heavy atom. The van der Waals surface area contributed by atoms with Gasteiger partial charge >= 0.3 is 11.9 Å². The molecule has 0 aliphatic carbocycles. The number of hydrogen-bond acceptors (Lipinski definition) is 5. The second-order valence-electron chi connectivity index (χ2n) is 7.15. The first-order chi connectivity index (χ1) is 17.1. The van der Waals surface area contributed by atoms with Crippen LogP contribution in [0.15, 0.2) is 54.5 Å². The number of rotatable bonds is 9. The molecule has 0 unspecified atom stereocenters. The molecule has 7 nitrogen and oxygen atoms in total. The van der Waals surface area contributed by atoms with Crippen LogP contribution in [0.3, 0.4) is 0 Å². The Hall–Kier alpha value is -3.19. The van der Waals surface area contributed by atoms with E-state index in [0.29, 0.717) is 18.5 Å². The molecule has 0 bridgehead atoms. The molecule has 0 spiro atoms. The first-order valence-corrected chi connectivity index (χ1v) is 10.2. The smallest absolute Gasteiger partial charge is 0.323 e. The molecule has 1 aliphatic heterocycles. The number of aryl methyl sites for hydroxylation is 1. The number of fused-ring (bicyclic) bond motifs is 1. The van der Waals surface area contributed by atoms with E-state index in [-0.39, 0.29) is 37.1 Å². The minimum Gasteiger partial charge on any atom is -0.480 e. The number of nitrogens with zero attached hydrogens (tertiary/aromatic N) is 1. The molecule has 0 aromatic heterocycles. The molecule has 1 amide bonds. The fourth-order valence-electron chi connectivity index (χ4n) is 3.61. The Morgan fingerprint density at radius 2 is 2.03 bits per heavy atom. The molecule has 164 valence electrons. The number of carbonyl (C=O) groups is 3. The molecule has 1 aliphatic rings. The van der Waals surface area contributed by atoms with E-state index in [0.717, 1.165) is 5.56 Å². The fraction of sp³-hybridized carbons (Fsp3) is 0.375. The Kier molecular flexibility index (Phi) is 5.71. The molecule has 7 heteroatoms. The molecule has 0 saturated heterocycles. The molecular formula is C24H28N2O5. The van der Waals surface area contributed by atoms with Crippen LogP contribution >= 0.6 is 0 Å². The lowest BCUT2D eigenvalue weighted by atomic mass is 10.0. The molecule has 1 heterocycles. The summed E-state index contributed by atoms with van der Waals surface area (Å²) >= 11 is 0. The zero-order chi connectivity index (χ0) is 26.6. The van der Waals surface area contributed by atoms with Gasteiger partial charge in [-0.3, -0.25) is 24.6 Å². The molecule has 2 aromatic rings. The Balaban J connectivity index is 1.87. The van der Waals surface area contributed by atoms with Gasteiger partial charge in [0.1, 0.15) is 12.6 Å². The Labute approximate surface area is 189 Å². The second kappa shape index (κ2) is 10.7. The van der Waals surface area contributed by atoms with Gasteiger partial charge in [-0.2, -0.15) is 0 Å². The van der Waals surface area contributed by atoms with Gasteiger partial charge in [0, 0.05) is 5.69 Å². The monoisotopic (exact) mass is 429 g/mol. The van der Waals surface area contributed by atoms with E-state index in [1.165, 1.54) is 4.90 Å². The third-order valence-electron chi connectivity index (χ3n) is 5.05. The average Bonchev–Trinajstić information content (AvgIpc) is 2.97. The molecule has 2 atom stereocenters. The van der Waals surface area contributed by atoms with Crippen molar-refractivity contribution in [2.45, 2.75) is 44.7 Å². The van der Waals surface area contributed by atoms with Crippen molar-refractivity contribution in [1.29, 1.82) is 0 Å². The number of para-hydroxylation sites is 1. The summed E-state index contributed by atoms with van der Waals surface area (Å²) < 4.78 is 44.9. The number of aliphatic carboxylic acids is 1. The molecular weight excluding hydrogens is 396 g/mol. The van der Waals surface area contributed by atoms with Gasteiger partial charge in [-0.15, -0.1) is 0 Å². The quantitative estimate of drug-likeness (QED) is 0.595. The van der Waals surface area contributed by atoms with E-state index < -0.39 is 54.6 Å². The van der Waals surface area contributed by atoms with E-state index in [4.69, 9.17) is 11.6 Å². The van der Waals surface area contributed by atoms with Crippen LogP contribution in [0, 0.1) is 0 Å². The number of nitrogens with one attached hydrogen (secondary N) is 1. The van der Waals surface area contributed by atoms with Crippen LogP contribution in [0.5, 0.6) is 0 Å². The molecule has 3 rings (SSSR count). The minimum atomic E-state index is -1.18. The average molecular weight is 430 g/mol. The van der Waals surface area contributed by atoms with E-state index in [1.807, 2.05) is 6.07 Å². The van der Waals surface area contributed by atoms with Crippen molar-refractivity contribution in [2.75, 3.05) is 18.1 Å². The third kappa shape index (κ3) is 5.92. The van der Waals surface area contributed by atoms with Crippen LogP contribution in [0.2, 0.25) is 0 Å². The summed E-state index contributed by atoms with van der Waals surface area (Å²) in [5.41, 5.74) is 1.37. The van der Waals surface area contributed by atoms with E-state index in [2.05, 4.69) is 5.32 Å². The van der Waals surface area contributed by atoms with Crippen molar-refractivity contribution < 1.29 is 31.1 Å². The molecule has 0 saturated carbocycles. The molecule has 0 fully saturated rings. The summed E-state index contributed by atoms with van der Waals surface area (Å²) in [5.74, 6) is -2.33. The normalized spacial score (nSPS) is 19.1. The van der Waals surface area contributed by atoms with Crippen molar-refractivity contribution >= 4 is 23.5 Å². The first kappa shape index (κ1) is 16.5. The lowest BCUT2D eigenvalue weighted by molar-refractivity contribution is -0.146. The number of carbonyl (C=O) groups excluding carboxylic acids is 2. The van der Waals surface area contributed by atoms with Gasteiger partial charge in [0.2, 0.25) is 5.91 Å². The van der Waals surface area contributed by atoms with Gasteiger partial charge in [-0.05, 0) is 49.8 Å². The van der Waals surface area contributed by atoms with Crippen LogP contribution in [0.25, 0.3) is 0 Å². The van der Waals surface area contributed by atoms with Crippen molar-refractivity contribution in [3.63, 3.8) is 0 Å². The van der Waals surface area contributed by atoms with Crippen molar-refractivity contribution in [3.8, 4) is 0 Å². The van der Waals surface area contributed by atoms with Crippen LogP contribution < -0.4 is 10.2 Å². The summed E-state index contributed by atoms with van der Waals surface area (Å²) in [6, 6.07) is 2.97. The van der Waals surface area contributed by atoms with Crippen molar-refractivity contribution in [3.05, 3.63) is 65.6 Å². The van der Waals surface area contributed by atoms with Gasteiger partial charge in [0.25, 0.3) is 0 Å². The van der Waals surface area contributed by atoms with Gasteiger partial charge < -0.3 is 9.84 Å². The number of hydrogen-bond donors (Lipinski definition) is 2. The summed E-state index contributed by atoms with van der Waals surface area (Å²) in [6.45, 7) is 1.17. The number of amides is 1. The fourth-order valence-corrected chi connectivity index (χ4v) is 3.61.